The highest BCUT2D eigenvalue weighted by molar-refractivity contribution is 5.84. The third kappa shape index (κ3) is 2.24. The number of hydrogen-bond acceptors (Lipinski definition) is 5. The van der Waals surface area contributed by atoms with E-state index in [0.717, 1.165) is 19.3 Å². The summed E-state index contributed by atoms with van der Waals surface area (Å²) >= 11 is 0. The van der Waals surface area contributed by atoms with E-state index in [0.29, 0.717) is 5.76 Å². The molecule has 2 heterocycles. The normalized spacial score (nSPS) is 38.0. The fraction of sp³-hybridized carbons (Fsp3) is 0.769. The van der Waals surface area contributed by atoms with E-state index >= 15 is 0 Å². The molecule has 100 valence electrons. The molecule has 18 heavy (non-hydrogen) atoms. The lowest BCUT2D eigenvalue weighted by molar-refractivity contribution is -0.155. The van der Waals surface area contributed by atoms with Crippen LogP contribution in [0.1, 0.15) is 33.1 Å². The maximum atomic E-state index is 11.0. The summed E-state index contributed by atoms with van der Waals surface area (Å²) in [5.41, 5.74) is 0. The number of hydrogen-bond donors (Lipinski definition) is 0. The lowest BCUT2D eigenvalue weighted by Crippen LogP contribution is -2.40. The van der Waals surface area contributed by atoms with Gasteiger partial charge in [0.25, 0.3) is 0 Å². The van der Waals surface area contributed by atoms with Crippen molar-refractivity contribution >= 4 is 5.97 Å². The molecule has 0 spiro atoms. The van der Waals surface area contributed by atoms with Crippen LogP contribution in [-0.2, 0) is 23.7 Å². The Morgan fingerprint density at radius 2 is 2.17 bits per heavy atom. The van der Waals surface area contributed by atoms with Gasteiger partial charge in [-0.1, -0.05) is 0 Å². The number of carbonyl (C=O) groups is 1. The first kappa shape index (κ1) is 12.0. The minimum Gasteiger partial charge on any atom is -0.488 e. The van der Waals surface area contributed by atoms with Crippen molar-refractivity contribution < 1.29 is 23.7 Å². The van der Waals surface area contributed by atoms with Gasteiger partial charge in [0, 0.05) is 0 Å². The van der Waals surface area contributed by atoms with Crippen LogP contribution < -0.4 is 0 Å². The number of fused-ring (bicyclic) bond motifs is 1. The largest absolute Gasteiger partial charge is 0.488 e. The van der Waals surface area contributed by atoms with Crippen molar-refractivity contribution in [3.63, 3.8) is 0 Å². The molecule has 1 aliphatic carbocycles. The molecule has 1 saturated carbocycles. The van der Waals surface area contributed by atoms with Crippen molar-refractivity contribution in [1.29, 1.82) is 0 Å². The molecule has 5 nitrogen and oxygen atoms in total. The van der Waals surface area contributed by atoms with Crippen LogP contribution in [0.5, 0.6) is 0 Å². The molecular weight excluding hydrogens is 236 g/mol. The maximum Gasteiger partial charge on any atom is 0.334 e. The van der Waals surface area contributed by atoms with E-state index in [9.17, 15) is 4.79 Å². The number of esters is 1. The van der Waals surface area contributed by atoms with E-state index in [1.165, 1.54) is 6.08 Å². The van der Waals surface area contributed by atoms with Gasteiger partial charge in [-0.05, 0) is 33.1 Å². The van der Waals surface area contributed by atoms with Gasteiger partial charge in [-0.25, -0.2) is 4.79 Å². The van der Waals surface area contributed by atoms with Crippen molar-refractivity contribution in [3.8, 4) is 0 Å². The molecule has 2 fully saturated rings. The second-order valence-corrected chi connectivity index (χ2v) is 5.44. The number of rotatable bonds is 2. The Bertz CT molecular complexity index is 387. The van der Waals surface area contributed by atoms with Crippen molar-refractivity contribution in [2.75, 3.05) is 6.61 Å². The molecule has 0 N–H and O–H groups in total. The van der Waals surface area contributed by atoms with Gasteiger partial charge >= 0.3 is 5.97 Å². The summed E-state index contributed by atoms with van der Waals surface area (Å²) in [6.45, 7) is 4.07. The molecule has 0 aromatic heterocycles. The van der Waals surface area contributed by atoms with E-state index in [1.807, 2.05) is 13.8 Å². The summed E-state index contributed by atoms with van der Waals surface area (Å²) in [4.78, 5) is 11.0. The maximum absolute atomic E-state index is 11.0. The number of carbonyl (C=O) groups excluding carboxylic acids is 1. The first-order chi connectivity index (χ1) is 8.53. The number of ether oxygens (including phenoxy) is 4. The Morgan fingerprint density at radius 1 is 1.33 bits per heavy atom. The van der Waals surface area contributed by atoms with E-state index in [1.54, 1.807) is 0 Å². The van der Waals surface area contributed by atoms with Gasteiger partial charge in [-0.2, -0.15) is 0 Å². The lowest BCUT2D eigenvalue weighted by atomic mass is 9.92. The molecule has 0 bridgehead atoms. The minimum atomic E-state index is -0.544. The van der Waals surface area contributed by atoms with Gasteiger partial charge in [0.2, 0.25) is 0 Å². The molecule has 0 aromatic rings. The van der Waals surface area contributed by atoms with Crippen LogP contribution in [0, 0.1) is 0 Å². The summed E-state index contributed by atoms with van der Waals surface area (Å²) in [5.74, 6) is -0.280. The molecule has 0 radical (unpaired) electrons. The zero-order chi connectivity index (χ0) is 12.8. The molecular formula is C13H18O5. The third-order valence-electron chi connectivity index (χ3n) is 3.50. The van der Waals surface area contributed by atoms with Gasteiger partial charge in [-0.15, -0.1) is 0 Å². The second kappa shape index (κ2) is 4.24. The molecule has 2 aliphatic heterocycles. The van der Waals surface area contributed by atoms with Crippen LogP contribution in [0.15, 0.2) is 11.8 Å². The number of cyclic esters (lactones) is 1. The van der Waals surface area contributed by atoms with Crippen molar-refractivity contribution in [1.82, 2.24) is 0 Å². The van der Waals surface area contributed by atoms with Gasteiger partial charge in [0.05, 0.1) is 12.2 Å². The molecule has 3 aliphatic rings. The Kier molecular flexibility index (Phi) is 2.83. The molecule has 0 amide bonds. The van der Waals surface area contributed by atoms with Crippen LogP contribution in [0.25, 0.3) is 0 Å². The average Bonchev–Trinajstić information content (AvgIpc) is 2.81. The molecule has 3 atom stereocenters. The van der Waals surface area contributed by atoms with E-state index in [2.05, 4.69) is 0 Å². The van der Waals surface area contributed by atoms with Gasteiger partial charge in [0.15, 0.2) is 5.79 Å². The van der Waals surface area contributed by atoms with E-state index in [4.69, 9.17) is 18.9 Å². The first-order valence-corrected chi connectivity index (χ1v) is 6.43. The highest BCUT2D eigenvalue weighted by Crippen LogP contribution is 2.38. The van der Waals surface area contributed by atoms with Crippen molar-refractivity contribution in [2.24, 2.45) is 0 Å². The monoisotopic (exact) mass is 254 g/mol. The Morgan fingerprint density at radius 3 is 2.89 bits per heavy atom. The quantitative estimate of drug-likeness (QED) is 0.699. The Hall–Kier alpha value is -1.07. The summed E-state index contributed by atoms with van der Waals surface area (Å²) in [6.07, 6.45) is 4.38. The van der Waals surface area contributed by atoms with Crippen LogP contribution in [0.3, 0.4) is 0 Å². The highest BCUT2D eigenvalue weighted by atomic mass is 16.8. The van der Waals surface area contributed by atoms with Crippen molar-refractivity contribution in [3.05, 3.63) is 11.8 Å². The minimum absolute atomic E-state index is 0.0497. The predicted octanol–water partition coefficient (Wildman–Crippen LogP) is 1.52. The average molecular weight is 254 g/mol. The lowest BCUT2D eigenvalue weighted by Gasteiger charge is -2.31. The van der Waals surface area contributed by atoms with E-state index in [-0.39, 0.29) is 30.9 Å². The summed E-state index contributed by atoms with van der Waals surface area (Å²) in [7, 11) is 0. The highest BCUT2D eigenvalue weighted by Gasteiger charge is 2.48. The van der Waals surface area contributed by atoms with Crippen LogP contribution in [-0.4, -0.2) is 36.7 Å². The van der Waals surface area contributed by atoms with Gasteiger partial charge in [-0.3, -0.25) is 0 Å². The fourth-order valence-electron chi connectivity index (χ4n) is 2.83. The molecule has 1 saturated heterocycles. The van der Waals surface area contributed by atoms with Crippen LogP contribution >= 0.6 is 0 Å². The smallest absolute Gasteiger partial charge is 0.334 e. The van der Waals surface area contributed by atoms with Crippen molar-refractivity contribution in [2.45, 2.75) is 57.2 Å². The topological polar surface area (TPSA) is 54.0 Å². The first-order valence-electron chi connectivity index (χ1n) is 6.43. The predicted molar refractivity (Wildman–Crippen MR) is 61.6 cm³/mol. The van der Waals surface area contributed by atoms with E-state index < -0.39 is 5.79 Å². The molecule has 5 heteroatoms. The van der Waals surface area contributed by atoms with Gasteiger partial charge < -0.3 is 18.9 Å². The zero-order valence-corrected chi connectivity index (χ0v) is 10.7. The SMILES string of the molecule is CC1(C)O[C@H]2[C@H](OC3=CC(=O)OC3)CCC[C@H]2O1. The van der Waals surface area contributed by atoms with Crippen LogP contribution in [0.2, 0.25) is 0 Å². The Labute approximate surface area is 106 Å². The molecule has 0 aromatic carbocycles. The standard InChI is InChI=1S/C13H18O5/c1-13(2)17-10-5-3-4-9(12(10)18-13)16-8-6-11(14)15-7-8/h6,9-10,12H,3-5,7H2,1-2H3/t9-,10-,12+/m1/s1. The summed E-state index contributed by atoms with van der Waals surface area (Å²) in [5, 5.41) is 0. The molecule has 3 rings (SSSR count). The molecule has 0 unspecified atom stereocenters. The summed E-state index contributed by atoms with van der Waals surface area (Å²) < 4.78 is 22.4. The third-order valence-corrected chi connectivity index (χ3v) is 3.50. The fourth-order valence-corrected chi connectivity index (χ4v) is 2.83. The van der Waals surface area contributed by atoms with Crippen LogP contribution in [0.4, 0.5) is 0 Å². The zero-order valence-electron chi connectivity index (χ0n) is 10.7. The Balaban J connectivity index is 1.69. The second-order valence-electron chi connectivity index (χ2n) is 5.44. The summed E-state index contributed by atoms with van der Waals surface area (Å²) in [6, 6.07) is 0. The van der Waals surface area contributed by atoms with Gasteiger partial charge in [0.1, 0.15) is 24.6 Å².